The molecule has 1 aromatic heterocycles. The number of nitrogens with one attached hydrogen (secondary N) is 1. The lowest BCUT2D eigenvalue weighted by Gasteiger charge is -2.22. The SMILES string of the molecule is CNC(c1ccsc1Cl)C1(C)CC1F. The molecule has 3 unspecified atom stereocenters. The second-order valence-corrected chi connectivity index (χ2v) is 5.57. The maximum Gasteiger partial charge on any atom is 0.108 e. The highest BCUT2D eigenvalue weighted by Crippen LogP contribution is 2.57. The van der Waals surface area contributed by atoms with Crippen LogP contribution in [-0.4, -0.2) is 13.2 Å². The van der Waals surface area contributed by atoms with Crippen molar-refractivity contribution in [1.29, 1.82) is 0 Å². The molecule has 1 N–H and O–H groups in total. The van der Waals surface area contributed by atoms with E-state index in [4.69, 9.17) is 11.6 Å². The van der Waals surface area contributed by atoms with Crippen molar-refractivity contribution in [3.8, 4) is 0 Å². The Morgan fingerprint density at radius 3 is 2.79 bits per heavy atom. The van der Waals surface area contributed by atoms with Crippen LogP contribution in [0.4, 0.5) is 4.39 Å². The van der Waals surface area contributed by atoms with Gasteiger partial charge in [-0.05, 0) is 30.5 Å². The Morgan fingerprint density at radius 2 is 2.43 bits per heavy atom. The molecule has 1 heterocycles. The Labute approximate surface area is 92.3 Å². The number of hydrogen-bond acceptors (Lipinski definition) is 2. The van der Waals surface area contributed by atoms with Gasteiger partial charge in [0.2, 0.25) is 0 Å². The van der Waals surface area contributed by atoms with Crippen molar-refractivity contribution in [2.75, 3.05) is 7.05 Å². The third kappa shape index (κ3) is 1.47. The molecular weight excluding hydrogens is 221 g/mol. The van der Waals surface area contributed by atoms with Gasteiger partial charge in [0.15, 0.2) is 0 Å². The highest BCUT2D eigenvalue weighted by molar-refractivity contribution is 7.14. The first-order chi connectivity index (χ1) is 6.59. The van der Waals surface area contributed by atoms with Gasteiger partial charge < -0.3 is 5.32 Å². The predicted molar refractivity (Wildman–Crippen MR) is 58.7 cm³/mol. The molecule has 78 valence electrons. The van der Waals surface area contributed by atoms with Gasteiger partial charge in [-0.15, -0.1) is 11.3 Å². The molecule has 0 spiro atoms. The molecule has 1 aromatic rings. The zero-order chi connectivity index (χ0) is 10.3. The zero-order valence-corrected chi connectivity index (χ0v) is 9.75. The van der Waals surface area contributed by atoms with Crippen molar-refractivity contribution >= 4 is 22.9 Å². The van der Waals surface area contributed by atoms with Crippen molar-refractivity contribution in [2.45, 2.75) is 25.6 Å². The molecule has 0 bridgehead atoms. The highest BCUT2D eigenvalue weighted by Gasteiger charge is 2.56. The summed E-state index contributed by atoms with van der Waals surface area (Å²) in [7, 11) is 1.86. The molecule has 3 atom stereocenters. The van der Waals surface area contributed by atoms with Crippen LogP contribution in [-0.2, 0) is 0 Å². The van der Waals surface area contributed by atoms with E-state index in [0.717, 1.165) is 9.90 Å². The average molecular weight is 234 g/mol. The van der Waals surface area contributed by atoms with Crippen LogP contribution in [0.5, 0.6) is 0 Å². The normalized spacial score (nSPS) is 33.0. The molecule has 1 aliphatic carbocycles. The molecule has 1 aliphatic rings. The number of alkyl halides is 1. The lowest BCUT2D eigenvalue weighted by Crippen LogP contribution is -2.26. The Bertz CT molecular complexity index is 341. The summed E-state index contributed by atoms with van der Waals surface area (Å²) in [6, 6.07) is 2.01. The molecule has 1 fully saturated rings. The summed E-state index contributed by atoms with van der Waals surface area (Å²) in [5.41, 5.74) is 0.765. The Hall–Kier alpha value is -0.120. The molecule has 1 nitrogen and oxygen atoms in total. The van der Waals surface area contributed by atoms with Gasteiger partial charge in [-0.2, -0.15) is 0 Å². The van der Waals surface area contributed by atoms with Crippen LogP contribution in [0, 0.1) is 5.41 Å². The van der Waals surface area contributed by atoms with Crippen LogP contribution in [0.1, 0.15) is 24.9 Å². The van der Waals surface area contributed by atoms with Crippen molar-refractivity contribution < 1.29 is 4.39 Å². The molecule has 2 rings (SSSR count). The fourth-order valence-corrected chi connectivity index (χ4v) is 2.96. The summed E-state index contributed by atoms with van der Waals surface area (Å²) in [5, 5.41) is 5.11. The summed E-state index contributed by atoms with van der Waals surface area (Å²) in [6.45, 7) is 1.97. The second-order valence-electron chi connectivity index (χ2n) is 4.05. The molecule has 0 aromatic carbocycles. The molecule has 0 radical (unpaired) electrons. The minimum atomic E-state index is -0.698. The minimum absolute atomic E-state index is 0.0382. The lowest BCUT2D eigenvalue weighted by atomic mass is 9.93. The molecule has 0 aliphatic heterocycles. The molecule has 1 saturated carbocycles. The van der Waals surface area contributed by atoms with Crippen LogP contribution in [0.25, 0.3) is 0 Å². The first kappa shape index (κ1) is 10.4. The van der Waals surface area contributed by atoms with Crippen LogP contribution in [0.15, 0.2) is 11.4 Å². The van der Waals surface area contributed by atoms with Crippen molar-refractivity contribution in [2.24, 2.45) is 5.41 Å². The first-order valence-electron chi connectivity index (χ1n) is 4.64. The summed E-state index contributed by atoms with van der Waals surface area (Å²) in [4.78, 5) is 0. The van der Waals surface area contributed by atoms with E-state index < -0.39 is 6.17 Å². The van der Waals surface area contributed by atoms with Gasteiger partial charge in [0.05, 0.1) is 4.34 Å². The summed E-state index contributed by atoms with van der Waals surface area (Å²) in [6.07, 6.45) is -0.0686. The number of halogens is 2. The highest BCUT2D eigenvalue weighted by atomic mass is 35.5. The Morgan fingerprint density at radius 1 is 1.79 bits per heavy atom. The largest absolute Gasteiger partial charge is 0.312 e. The van der Waals surface area contributed by atoms with E-state index in [1.165, 1.54) is 11.3 Å². The smallest absolute Gasteiger partial charge is 0.108 e. The van der Waals surface area contributed by atoms with Crippen molar-refractivity contribution in [3.63, 3.8) is 0 Å². The third-order valence-corrected chi connectivity index (χ3v) is 4.28. The Kier molecular flexibility index (Phi) is 2.58. The predicted octanol–water partition coefficient (Wildman–Crippen LogP) is 3.41. The third-order valence-electron chi connectivity index (χ3n) is 3.08. The van der Waals surface area contributed by atoms with Crippen LogP contribution < -0.4 is 5.32 Å². The van der Waals surface area contributed by atoms with Gasteiger partial charge >= 0.3 is 0 Å². The molecule has 0 amide bonds. The number of thiophene rings is 1. The Balaban J connectivity index is 2.27. The summed E-state index contributed by atoms with van der Waals surface area (Å²) < 4.78 is 14.0. The van der Waals surface area contributed by atoms with E-state index in [9.17, 15) is 4.39 Å². The van der Waals surface area contributed by atoms with Gasteiger partial charge in [-0.3, -0.25) is 0 Å². The van der Waals surface area contributed by atoms with E-state index in [2.05, 4.69) is 5.32 Å². The maximum atomic E-state index is 13.2. The van der Waals surface area contributed by atoms with Gasteiger partial charge in [-0.25, -0.2) is 4.39 Å². The van der Waals surface area contributed by atoms with Gasteiger partial charge in [-0.1, -0.05) is 18.5 Å². The maximum absolute atomic E-state index is 13.2. The van der Waals surface area contributed by atoms with E-state index in [1.54, 1.807) is 0 Å². The van der Waals surface area contributed by atoms with Crippen LogP contribution in [0.3, 0.4) is 0 Å². The second kappa shape index (κ2) is 3.47. The fourth-order valence-electron chi connectivity index (χ4n) is 1.98. The van der Waals surface area contributed by atoms with E-state index in [-0.39, 0.29) is 11.5 Å². The van der Waals surface area contributed by atoms with E-state index in [0.29, 0.717) is 6.42 Å². The standard InChI is InChI=1S/C10H13ClFNS/c1-10(5-7(10)12)8(13-2)6-3-4-14-9(6)11/h3-4,7-8,13H,5H2,1-2H3. The number of hydrogen-bond donors (Lipinski definition) is 1. The molecule has 0 saturated heterocycles. The fraction of sp³-hybridized carbons (Fsp3) is 0.600. The molecular formula is C10H13ClFNS. The minimum Gasteiger partial charge on any atom is -0.312 e. The van der Waals surface area contributed by atoms with Crippen LogP contribution >= 0.6 is 22.9 Å². The van der Waals surface area contributed by atoms with E-state index in [1.807, 2.05) is 25.4 Å². The quantitative estimate of drug-likeness (QED) is 0.844. The van der Waals surface area contributed by atoms with Gasteiger partial charge in [0.1, 0.15) is 6.17 Å². The number of rotatable bonds is 3. The monoisotopic (exact) mass is 233 g/mol. The lowest BCUT2D eigenvalue weighted by molar-refractivity contribution is 0.304. The topological polar surface area (TPSA) is 12.0 Å². The first-order valence-corrected chi connectivity index (χ1v) is 5.89. The van der Waals surface area contributed by atoms with Crippen LogP contribution in [0.2, 0.25) is 4.34 Å². The van der Waals surface area contributed by atoms with E-state index >= 15 is 0 Å². The zero-order valence-electron chi connectivity index (χ0n) is 8.18. The van der Waals surface area contributed by atoms with Gasteiger partial charge in [0, 0.05) is 11.5 Å². The van der Waals surface area contributed by atoms with Gasteiger partial charge in [0.25, 0.3) is 0 Å². The summed E-state index contributed by atoms with van der Waals surface area (Å²) >= 11 is 7.55. The summed E-state index contributed by atoms with van der Waals surface area (Å²) in [5.74, 6) is 0. The molecule has 4 heteroatoms. The van der Waals surface area contributed by atoms with Crippen molar-refractivity contribution in [3.05, 3.63) is 21.3 Å². The molecule has 14 heavy (non-hydrogen) atoms. The average Bonchev–Trinajstić information content (AvgIpc) is 2.57. The van der Waals surface area contributed by atoms with Crippen molar-refractivity contribution in [1.82, 2.24) is 5.32 Å².